The Kier molecular flexibility index (Phi) is 8.65. The van der Waals surface area contributed by atoms with Gasteiger partial charge in [0.05, 0.1) is 4.92 Å². The van der Waals surface area contributed by atoms with E-state index >= 15 is 0 Å². The van der Waals surface area contributed by atoms with Crippen LogP contribution in [0.3, 0.4) is 0 Å². The van der Waals surface area contributed by atoms with E-state index in [1.807, 2.05) is 19.1 Å². The molecule has 9 heteroatoms. The smallest absolute Gasteiger partial charge is 0.407 e. The summed E-state index contributed by atoms with van der Waals surface area (Å²) in [4.78, 5) is 36.5. The van der Waals surface area contributed by atoms with Gasteiger partial charge in [-0.1, -0.05) is 18.7 Å². The molecule has 0 aromatic heterocycles. The van der Waals surface area contributed by atoms with Crippen LogP contribution >= 0.6 is 11.8 Å². The van der Waals surface area contributed by atoms with Gasteiger partial charge in [0.1, 0.15) is 5.60 Å². The topological polar surface area (TPSA) is 111 Å². The van der Waals surface area contributed by atoms with Crippen molar-refractivity contribution in [2.24, 2.45) is 5.92 Å². The predicted octanol–water partition coefficient (Wildman–Crippen LogP) is 5.62. The van der Waals surface area contributed by atoms with Gasteiger partial charge in [0.25, 0.3) is 5.69 Å². The lowest BCUT2D eigenvalue weighted by Gasteiger charge is -2.23. The number of alkyl carbamates (subject to hydrolysis) is 1. The van der Waals surface area contributed by atoms with Crippen molar-refractivity contribution >= 4 is 35.1 Å². The summed E-state index contributed by atoms with van der Waals surface area (Å²) >= 11 is 1.47. The summed E-state index contributed by atoms with van der Waals surface area (Å²) in [6, 6.07) is 13.5. The lowest BCUT2D eigenvalue weighted by atomic mass is 10.0. The van der Waals surface area contributed by atoms with Crippen LogP contribution in [0.15, 0.2) is 58.3 Å². The predicted molar refractivity (Wildman–Crippen MR) is 125 cm³/mol. The highest BCUT2D eigenvalue weighted by molar-refractivity contribution is 7.99. The van der Waals surface area contributed by atoms with E-state index in [1.54, 1.807) is 52.0 Å². The second-order valence-corrected chi connectivity index (χ2v) is 9.70. The molecule has 2 amide bonds. The molecule has 32 heavy (non-hydrogen) atoms. The van der Waals surface area contributed by atoms with Gasteiger partial charge >= 0.3 is 6.09 Å². The maximum absolute atomic E-state index is 12.5. The van der Waals surface area contributed by atoms with Gasteiger partial charge in [0, 0.05) is 39.6 Å². The highest BCUT2D eigenvalue weighted by Crippen LogP contribution is 2.30. The highest BCUT2D eigenvalue weighted by atomic mass is 32.2. The molecule has 0 saturated heterocycles. The molecule has 0 heterocycles. The number of nitrogens with zero attached hydrogens (tertiary/aromatic N) is 1. The van der Waals surface area contributed by atoms with Crippen LogP contribution in [0.4, 0.5) is 16.2 Å². The summed E-state index contributed by atoms with van der Waals surface area (Å²) in [6.45, 7) is 9.02. The molecule has 2 aromatic carbocycles. The standard InChI is InChI=1S/C23H29N3O5S/c1-15(14-16(2)24-22(28)31-23(3,4)5)21(27)25-17-6-10-19(11-7-17)32-20-12-8-18(9-13-20)26(29)30/h6-13,15-16H,14H2,1-5H3,(H,24,28)(H,25,27). The van der Waals surface area contributed by atoms with Gasteiger partial charge in [-0.25, -0.2) is 4.79 Å². The van der Waals surface area contributed by atoms with Crippen molar-refractivity contribution in [3.8, 4) is 0 Å². The number of carbonyl (C=O) groups excluding carboxylic acids is 2. The van der Waals surface area contributed by atoms with Crippen molar-refractivity contribution in [3.05, 3.63) is 58.6 Å². The molecule has 2 aromatic rings. The molecule has 0 fully saturated rings. The van der Waals surface area contributed by atoms with Crippen LogP contribution in [0.1, 0.15) is 41.0 Å². The Morgan fingerprint density at radius 2 is 1.56 bits per heavy atom. The Balaban J connectivity index is 1.84. The summed E-state index contributed by atoms with van der Waals surface area (Å²) < 4.78 is 5.23. The van der Waals surface area contributed by atoms with E-state index < -0.39 is 16.6 Å². The van der Waals surface area contributed by atoms with Gasteiger partial charge in [-0.2, -0.15) is 0 Å². The molecule has 0 radical (unpaired) electrons. The summed E-state index contributed by atoms with van der Waals surface area (Å²) in [6.07, 6.45) is -0.0298. The summed E-state index contributed by atoms with van der Waals surface area (Å²) in [5, 5.41) is 16.4. The Labute approximate surface area is 192 Å². The minimum atomic E-state index is -0.574. The van der Waals surface area contributed by atoms with Crippen molar-refractivity contribution in [2.75, 3.05) is 5.32 Å². The first-order chi connectivity index (χ1) is 14.9. The minimum Gasteiger partial charge on any atom is -0.444 e. The Bertz CT molecular complexity index is 940. The molecule has 0 saturated carbocycles. The third-order valence-corrected chi connectivity index (χ3v) is 5.34. The van der Waals surface area contributed by atoms with Gasteiger partial charge in [-0.15, -0.1) is 0 Å². The Morgan fingerprint density at radius 1 is 1.03 bits per heavy atom. The van der Waals surface area contributed by atoms with Gasteiger partial charge in [0.2, 0.25) is 5.91 Å². The van der Waals surface area contributed by atoms with E-state index in [0.717, 1.165) is 9.79 Å². The number of rotatable bonds is 8. The number of nitrogens with one attached hydrogen (secondary N) is 2. The molecule has 0 bridgehead atoms. The fourth-order valence-corrected chi connectivity index (χ4v) is 3.67. The van der Waals surface area contributed by atoms with E-state index in [-0.39, 0.29) is 23.6 Å². The van der Waals surface area contributed by atoms with Gasteiger partial charge < -0.3 is 15.4 Å². The average molecular weight is 460 g/mol. The largest absolute Gasteiger partial charge is 0.444 e. The fourth-order valence-electron chi connectivity index (χ4n) is 2.85. The molecule has 0 aliphatic rings. The first kappa shape index (κ1) is 25.2. The van der Waals surface area contributed by atoms with Crippen molar-refractivity contribution in [1.29, 1.82) is 0 Å². The molecule has 0 aliphatic heterocycles. The first-order valence-corrected chi connectivity index (χ1v) is 11.1. The van der Waals surface area contributed by atoms with Crippen LogP contribution in [0.2, 0.25) is 0 Å². The fraction of sp³-hybridized carbons (Fsp3) is 0.391. The van der Waals surface area contributed by atoms with E-state index in [1.165, 1.54) is 23.9 Å². The number of amides is 2. The molecular formula is C23H29N3O5S. The highest BCUT2D eigenvalue weighted by Gasteiger charge is 2.21. The number of anilines is 1. The van der Waals surface area contributed by atoms with Gasteiger partial charge in [-0.3, -0.25) is 14.9 Å². The van der Waals surface area contributed by atoms with Crippen LogP contribution in [0, 0.1) is 16.0 Å². The number of benzene rings is 2. The first-order valence-electron chi connectivity index (χ1n) is 10.3. The summed E-state index contributed by atoms with van der Waals surface area (Å²) in [5.41, 5.74) is 0.148. The van der Waals surface area contributed by atoms with Crippen molar-refractivity contribution in [2.45, 2.75) is 62.5 Å². The van der Waals surface area contributed by atoms with Crippen LogP contribution in [-0.2, 0) is 9.53 Å². The second kappa shape index (κ2) is 11.0. The Hall–Kier alpha value is -3.07. The maximum Gasteiger partial charge on any atom is 0.407 e. The molecule has 0 aliphatic carbocycles. The number of non-ortho nitro benzene ring substituents is 1. The molecule has 172 valence electrons. The normalized spacial score (nSPS) is 13.0. The Morgan fingerprint density at radius 3 is 2.06 bits per heavy atom. The van der Waals surface area contributed by atoms with E-state index in [0.29, 0.717) is 12.1 Å². The van der Waals surface area contributed by atoms with Crippen molar-refractivity contribution in [3.63, 3.8) is 0 Å². The monoisotopic (exact) mass is 459 g/mol. The number of hydrogen-bond donors (Lipinski definition) is 2. The van der Waals surface area contributed by atoms with Crippen molar-refractivity contribution < 1.29 is 19.2 Å². The van der Waals surface area contributed by atoms with Crippen LogP contribution in [0.25, 0.3) is 0 Å². The van der Waals surface area contributed by atoms with E-state index in [2.05, 4.69) is 10.6 Å². The lowest BCUT2D eigenvalue weighted by Crippen LogP contribution is -2.39. The van der Waals surface area contributed by atoms with Crippen molar-refractivity contribution in [1.82, 2.24) is 5.32 Å². The van der Waals surface area contributed by atoms with E-state index in [9.17, 15) is 19.7 Å². The minimum absolute atomic E-state index is 0.0529. The van der Waals surface area contributed by atoms with Crippen LogP contribution < -0.4 is 10.6 Å². The molecular weight excluding hydrogens is 430 g/mol. The van der Waals surface area contributed by atoms with Crippen LogP contribution in [0.5, 0.6) is 0 Å². The maximum atomic E-state index is 12.5. The quantitative estimate of drug-likeness (QED) is 0.391. The summed E-state index contributed by atoms with van der Waals surface area (Å²) in [5.74, 6) is -0.451. The van der Waals surface area contributed by atoms with Crippen LogP contribution in [-0.4, -0.2) is 28.6 Å². The molecule has 2 atom stereocenters. The van der Waals surface area contributed by atoms with Gasteiger partial charge in [0.15, 0.2) is 0 Å². The number of carbonyl (C=O) groups is 2. The summed E-state index contributed by atoms with van der Waals surface area (Å²) in [7, 11) is 0. The number of nitro benzene ring substituents is 1. The lowest BCUT2D eigenvalue weighted by molar-refractivity contribution is -0.384. The third-order valence-electron chi connectivity index (χ3n) is 4.32. The molecule has 2 N–H and O–H groups in total. The zero-order chi connectivity index (χ0) is 23.9. The number of nitro groups is 1. The molecule has 2 unspecified atom stereocenters. The third kappa shape index (κ3) is 8.58. The molecule has 8 nitrogen and oxygen atoms in total. The average Bonchev–Trinajstić information content (AvgIpc) is 2.68. The zero-order valence-corrected chi connectivity index (χ0v) is 19.7. The number of hydrogen-bond acceptors (Lipinski definition) is 6. The second-order valence-electron chi connectivity index (χ2n) is 8.55. The number of ether oxygens (including phenoxy) is 1. The zero-order valence-electron chi connectivity index (χ0n) is 18.9. The van der Waals surface area contributed by atoms with E-state index in [4.69, 9.17) is 4.74 Å². The molecule has 2 rings (SSSR count). The van der Waals surface area contributed by atoms with Gasteiger partial charge in [-0.05, 0) is 70.5 Å². The SMILES string of the molecule is CC(CC(C)C(=O)Nc1ccc(Sc2ccc([N+](=O)[O-])cc2)cc1)NC(=O)OC(C)(C)C. The molecule has 0 spiro atoms.